The van der Waals surface area contributed by atoms with Crippen LogP contribution in [0.3, 0.4) is 0 Å². The van der Waals surface area contributed by atoms with E-state index in [1.165, 1.54) is 26.0 Å². The monoisotopic (exact) mass is 384 g/mol. The number of pyridine rings is 1. The Morgan fingerprint density at radius 2 is 2.07 bits per heavy atom. The lowest BCUT2D eigenvalue weighted by atomic mass is 10.1. The molecule has 0 aliphatic heterocycles. The molecule has 0 saturated heterocycles. The van der Waals surface area contributed by atoms with Crippen molar-refractivity contribution in [3.8, 4) is 11.5 Å². The minimum absolute atomic E-state index is 0.0661. The molecule has 0 spiro atoms. The maximum Gasteiger partial charge on any atom is 0.224 e. The van der Waals surface area contributed by atoms with Gasteiger partial charge in [0, 0.05) is 12.0 Å². The number of aromatic nitrogens is 1. The molecule has 0 radical (unpaired) electrons. The molecule has 4 rings (SSSR count). The fraction of sp³-hybridized carbons (Fsp3) is 0.455. The third-order valence-corrected chi connectivity index (χ3v) is 5.48. The van der Waals surface area contributed by atoms with E-state index in [-0.39, 0.29) is 29.6 Å². The molecule has 6 heteroatoms. The van der Waals surface area contributed by atoms with Crippen LogP contribution in [0.5, 0.6) is 11.5 Å². The molecule has 1 aromatic heterocycles. The van der Waals surface area contributed by atoms with E-state index < -0.39 is 0 Å². The SMILES string of the molecule is COc1ccc([C@H]2CC2C(=O)N[C@H](C)c2ccc(OCC3CC3)cn2)c(F)c1. The molecular weight excluding hydrogens is 359 g/mol. The van der Waals surface area contributed by atoms with E-state index in [2.05, 4.69) is 10.3 Å². The van der Waals surface area contributed by atoms with Gasteiger partial charge < -0.3 is 14.8 Å². The zero-order chi connectivity index (χ0) is 19.7. The summed E-state index contributed by atoms with van der Waals surface area (Å²) in [7, 11) is 1.50. The molecule has 1 amide bonds. The summed E-state index contributed by atoms with van der Waals surface area (Å²) in [6.45, 7) is 2.65. The van der Waals surface area contributed by atoms with Gasteiger partial charge in [-0.25, -0.2) is 4.39 Å². The lowest BCUT2D eigenvalue weighted by molar-refractivity contribution is -0.123. The molecule has 1 N–H and O–H groups in total. The Hall–Kier alpha value is -2.63. The fourth-order valence-electron chi connectivity index (χ4n) is 3.39. The average molecular weight is 384 g/mol. The van der Waals surface area contributed by atoms with Gasteiger partial charge in [0.1, 0.15) is 17.3 Å². The lowest BCUT2D eigenvalue weighted by Crippen LogP contribution is -2.29. The molecule has 5 nitrogen and oxygen atoms in total. The van der Waals surface area contributed by atoms with E-state index in [0.717, 1.165) is 18.1 Å². The maximum absolute atomic E-state index is 14.2. The predicted molar refractivity (Wildman–Crippen MR) is 103 cm³/mol. The molecule has 2 fully saturated rings. The van der Waals surface area contributed by atoms with Gasteiger partial charge in [-0.05, 0) is 61.8 Å². The van der Waals surface area contributed by atoms with Crippen LogP contribution >= 0.6 is 0 Å². The van der Waals surface area contributed by atoms with Crippen LogP contribution in [0, 0.1) is 17.7 Å². The summed E-state index contributed by atoms with van der Waals surface area (Å²) in [4.78, 5) is 17.0. The first kappa shape index (κ1) is 18.7. The number of rotatable bonds is 8. The Labute approximate surface area is 164 Å². The molecule has 28 heavy (non-hydrogen) atoms. The van der Waals surface area contributed by atoms with Crippen molar-refractivity contribution in [3.05, 3.63) is 53.6 Å². The van der Waals surface area contributed by atoms with Crippen LogP contribution in [-0.4, -0.2) is 24.6 Å². The van der Waals surface area contributed by atoms with E-state index in [4.69, 9.17) is 9.47 Å². The number of carbonyl (C=O) groups excluding carboxylic acids is 1. The van der Waals surface area contributed by atoms with E-state index in [0.29, 0.717) is 23.7 Å². The van der Waals surface area contributed by atoms with Gasteiger partial charge in [-0.15, -0.1) is 0 Å². The first-order valence-corrected chi connectivity index (χ1v) is 9.77. The normalized spacial score (nSPS) is 21.7. The number of hydrogen-bond acceptors (Lipinski definition) is 4. The first-order valence-electron chi connectivity index (χ1n) is 9.77. The number of carbonyl (C=O) groups is 1. The summed E-state index contributed by atoms with van der Waals surface area (Å²) in [5.74, 6) is 1.26. The highest BCUT2D eigenvalue weighted by Gasteiger charge is 2.45. The third-order valence-electron chi connectivity index (χ3n) is 5.48. The Morgan fingerprint density at radius 1 is 1.29 bits per heavy atom. The molecule has 2 aliphatic carbocycles. The predicted octanol–water partition coefficient (Wildman–Crippen LogP) is 4.00. The molecule has 1 aromatic carbocycles. The highest BCUT2D eigenvalue weighted by molar-refractivity contribution is 5.83. The smallest absolute Gasteiger partial charge is 0.224 e. The van der Waals surface area contributed by atoms with Crippen LogP contribution < -0.4 is 14.8 Å². The van der Waals surface area contributed by atoms with Gasteiger partial charge in [0.15, 0.2) is 0 Å². The lowest BCUT2D eigenvalue weighted by Gasteiger charge is -2.14. The molecule has 2 saturated carbocycles. The largest absolute Gasteiger partial charge is 0.497 e. The number of halogens is 1. The van der Waals surface area contributed by atoms with Gasteiger partial charge in [0.25, 0.3) is 0 Å². The standard InChI is InChI=1S/C22H25FN2O3/c1-13(21-8-6-16(11-24-21)28-12-14-3-4-14)25-22(26)19-10-18(19)17-7-5-15(27-2)9-20(17)23/h5-9,11,13-14,18-19H,3-4,10,12H2,1-2H3,(H,25,26)/t13-,18-,19?/m1/s1. The Morgan fingerprint density at radius 3 is 2.71 bits per heavy atom. The fourth-order valence-corrected chi connectivity index (χ4v) is 3.39. The number of methoxy groups -OCH3 is 1. The Kier molecular flexibility index (Phi) is 5.20. The van der Waals surface area contributed by atoms with Crippen LogP contribution in [0.4, 0.5) is 4.39 Å². The van der Waals surface area contributed by atoms with Gasteiger partial charge in [-0.3, -0.25) is 9.78 Å². The van der Waals surface area contributed by atoms with Crippen LogP contribution in [0.1, 0.15) is 49.4 Å². The van der Waals surface area contributed by atoms with Crippen LogP contribution in [0.25, 0.3) is 0 Å². The van der Waals surface area contributed by atoms with E-state index in [9.17, 15) is 9.18 Å². The summed E-state index contributed by atoms with van der Waals surface area (Å²) >= 11 is 0. The molecule has 1 unspecified atom stereocenters. The molecule has 2 aliphatic rings. The Balaban J connectivity index is 1.31. The van der Waals surface area contributed by atoms with Crippen LogP contribution in [0.15, 0.2) is 36.5 Å². The third kappa shape index (κ3) is 4.26. The van der Waals surface area contributed by atoms with Crippen molar-refractivity contribution in [2.75, 3.05) is 13.7 Å². The maximum atomic E-state index is 14.2. The molecule has 2 aromatic rings. The van der Waals surface area contributed by atoms with Gasteiger partial charge in [-0.1, -0.05) is 6.07 Å². The highest BCUT2D eigenvalue weighted by Crippen LogP contribution is 2.49. The van der Waals surface area contributed by atoms with Gasteiger partial charge in [0.2, 0.25) is 5.91 Å². The minimum atomic E-state index is -0.323. The van der Waals surface area contributed by atoms with Gasteiger partial charge in [-0.2, -0.15) is 0 Å². The number of amides is 1. The Bertz CT molecular complexity index is 851. The van der Waals surface area contributed by atoms with Crippen molar-refractivity contribution in [1.29, 1.82) is 0 Å². The van der Waals surface area contributed by atoms with Crippen LogP contribution in [0.2, 0.25) is 0 Å². The van der Waals surface area contributed by atoms with E-state index >= 15 is 0 Å². The summed E-state index contributed by atoms with van der Waals surface area (Å²) < 4.78 is 24.9. The van der Waals surface area contributed by atoms with E-state index in [1.54, 1.807) is 18.3 Å². The second-order valence-electron chi connectivity index (χ2n) is 7.74. The van der Waals surface area contributed by atoms with Crippen LogP contribution in [-0.2, 0) is 4.79 Å². The van der Waals surface area contributed by atoms with Crippen molar-refractivity contribution in [3.63, 3.8) is 0 Å². The second kappa shape index (κ2) is 7.78. The van der Waals surface area contributed by atoms with Gasteiger partial charge >= 0.3 is 0 Å². The number of nitrogens with one attached hydrogen (secondary N) is 1. The second-order valence-corrected chi connectivity index (χ2v) is 7.74. The minimum Gasteiger partial charge on any atom is -0.497 e. The number of ether oxygens (including phenoxy) is 2. The summed E-state index contributed by atoms with van der Waals surface area (Å²) in [5.41, 5.74) is 1.35. The zero-order valence-corrected chi connectivity index (χ0v) is 16.2. The van der Waals surface area contributed by atoms with E-state index in [1.807, 2.05) is 19.1 Å². The number of nitrogens with zero attached hydrogens (tertiary/aromatic N) is 1. The topological polar surface area (TPSA) is 60.5 Å². The van der Waals surface area contributed by atoms with Crippen molar-refractivity contribution in [2.45, 2.75) is 38.1 Å². The highest BCUT2D eigenvalue weighted by atomic mass is 19.1. The number of benzene rings is 1. The molecule has 3 atom stereocenters. The average Bonchev–Trinajstić information content (AvgIpc) is 3.61. The summed E-state index contributed by atoms with van der Waals surface area (Å²) in [6, 6.07) is 8.35. The van der Waals surface area contributed by atoms with Gasteiger partial charge in [0.05, 0.1) is 31.6 Å². The molecule has 1 heterocycles. The molecule has 148 valence electrons. The van der Waals surface area contributed by atoms with Crippen molar-refractivity contribution in [2.24, 2.45) is 11.8 Å². The molecule has 0 bridgehead atoms. The zero-order valence-electron chi connectivity index (χ0n) is 16.2. The number of hydrogen-bond donors (Lipinski definition) is 1. The van der Waals surface area contributed by atoms with Crippen molar-refractivity contribution < 1.29 is 18.7 Å². The van der Waals surface area contributed by atoms with Crippen molar-refractivity contribution >= 4 is 5.91 Å². The first-order chi connectivity index (χ1) is 13.5. The van der Waals surface area contributed by atoms with Crippen molar-refractivity contribution in [1.82, 2.24) is 10.3 Å². The summed E-state index contributed by atoms with van der Waals surface area (Å²) in [6.07, 6.45) is 4.85. The quantitative estimate of drug-likeness (QED) is 0.747. The summed E-state index contributed by atoms with van der Waals surface area (Å²) in [5, 5.41) is 2.99. The molecular formula is C22H25FN2O3.